The average molecular weight is 375 g/mol. The molecule has 0 radical (unpaired) electrons. The fourth-order valence-corrected chi connectivity index (χ4v) is 3.52. The first kappa shape index (κ1) is 20.2. The first-order valence-corrected chi connectivity index (χ1v) is 9.93. The third-order valence-corrected chi connectivity index (χ3v) is 5.32. The molecule has 0 atom stereocenters. The maximum atomic E-state index is 5.40. The maximum Gasteiger partial charge on any atom is 0.191 e. The van der Waals surface area contributed by atoms with E-state index in [2.05, 4.69) is 66.5 Å². The summed E-state index contributed by atoms with van der Waals surface area (Å²) in [6.07, 6.45) is 1.80. The molecule has 0 unspecified atom stereocenters. The number of nitrogens with zero attached hydrogens (tertiary/aromatic N) is 2. The van der Waals surface area contributed by atoms with Crippen molar-refractivity contribution >= 4 is 17.3 Å². The van der Waals surface area contributed by atoms with Gasteiger partial charge in [-0.3, -0.25) is 4.99 Å². The zero-order valence-corrected chi connectivity index (χ0v) is 17.3. The van der Waals surface area contributed by atoms with Crippen molar-refractivity contribution in [1.29, 1.82) is 0 Å². The van der Waals surface area contributed by atoms with Crippen molar-refractivity contribution in [3.05, 3.63) is 44.9 Å². The van der Waals surface area contributed by atoms with Crippen molar-refractivity contribution in [3.63, 3.8) is 0 Å². The minimum atomic E-state index is 0.736. The molecule has 5 nitrogen and oxygen atoms in total. The van der Waals surface area contributed by atoms with Gasteiger partial charge in [-0.1, -0.05) is 12.1 Å². The van der Waals surface area contributed by atoms with Crippen molar-refractivity contribution in [2.75, 3.05) is 26.7 Å². The molecule has 1 aromatic carbocycles. The third kappa shape index (κ3) is 6.02. The largest absolute Gasteiger partial charge is 0.496 e. The lowest BCUT2D eigenvalue weighted by atomic mass is 10.1. The number of nitrogens with one attached hydrogen (secondary N) is 2. The van der Waals surface area contributed by atoms with Gasteiger partial charge < -0.3 is 15.4 Å². The molecular weight excluding hydrogens is 344 g/mol. The topological polar surface area (TPSA) is 58.5 Å². The number of rotatable bonds is 8. The molecule has 142 valence electrons. The lowest BCUT2D eigenvalue weighted by Crippen LogP contribution is -2.38. The summed E-state index contributed by atoms with van der Waals surface area (Å²) >= 11 is 1.77. The van der Waals surface area contributed by atoms with Crippen molar-refractivity contribution in [2.24, 2.45) is 4.99 Å². The average Bonchev–Trinajstić information content (AvgIpc) is 2.94. The molecule has 0 saturated carbocycles. The van der Waals surface area contributed by atoms with Gasteiger partial charge in [0.15, 0.2) is 5.96 Å². The molecule has 1 aromatic heterocycles. The second-order valence-electron chi connectivity index (χ2n) is 6.24. The van der Waals surface area contributed by atoms with Gasteiger partial charge in [0.25, 0.3) is 0 Å². The Bertz CT molecular complexity index is 720. The van der Waals surface area contributed by atoms with E-state index in [1.165, 1.54) is 10.4 Å². The zero-order chi connectivity index (χ0) is 18.9. The Labute approximate surface area is 160 Å². The zero-order valence-electron chi connectivity index (χ0n) is 16.5. The third-order valence-electron chi connectivity index (χ3n) is 4.19. The molecule has 2 N–H and O–H groups in total. The van der Waals surface area contributed by atoms with Crippen LogP contribution in [0.4, 0.5) is 0 Å². The summed E-state index contributed by atoms with van der Waals surface area (Å²) in [6, 6.07) is 6.36. The van der Waals surface area contributed by atoms with Gasteiger partial charge in [0, 0.05) is 30.9 Å². The van der Waals surface area contributed by atoms with Gasteiger partial charge in [-0.2, -0.15) is 0 Å². The highest BCUT2D eigenvalue weighted by atomic mass is 32.1. The molecule has 6 heteroatoms. The number of hydrogen-bond acceptors (Lipinski definition) is 4. The van der Waals surface area contributed by atoms with Gasteiger partial charge in [-0.25, -0.2) is 4.98 Å². The van der Waals surface area contributed by atoms with Crippen LogP contribution < -0.4 is 15.4 Å². The fraction of sp³-hybridized carbons (Fsp3) is 0.500. The van der Waals surface area contributed by atoms with Crippen molar-refractivity contribution < 1.29 is 4.74 Å². The Morgan fingerprint density at radius 3 is 2.65 bits per heavy atom. The molecule has 0 fully saturated rings. The molecule has 0 spiro atoms. The summed E-state index contributed by atoms with van der Waals surface area (Å²) in [5.74, 6) is 1.80. The monoisotopic (exact) mass is 374 g/mol. The van der Waals surface area contributed by atoms with Crippen molar-refractivity contribution in [2.45, 2.75) is 40.5 Å². The predicted octanol–water partition coefficient (Wildman–Crippen LogP) is 3.42. The summed E-state index contributed by atoms with van der Waals surface area (Å²) in [4.78, 5) is 10.5. The predicted molar refractivity (Wildman–Crippen MR) is 111 cm³/mol. The van der Waals surface area contributed by atoms with E-state index in [1.54, 1.807) is 18.4 Å². The van der Waals surface area contributed by atoms with E-state index in [4.69, 9.17) is 4.74 Å². The van der Waals surface area contributed by atoms with Gasteiger partial charge in [0.05, 0.1) is 17.8 Å². The molecule has 2 rings (SSSR count). The fourth-order valence-electron chi connectivity index (χ4n) is 2.60. The SMILES string of the molecule is CCNC(=NCCc1nc(C)c(C)s1)NCCc1ccc(C)c(OC)c1. The molecule has 26 heavy (non-hydrogen) atoms. The van der Waals surface area contributed by atoms with Gasteiger partial charge in [0.2, 0.25) is 0 Å². The number of hydrogen-bond donors (Lipinski definition) is 2. The summed E-state index contributed by atoms with van der Waals surface area (Å²) in [5.41, 5.74) is 3.55. The molecule has 0 aliphatic carbocycles. The van der Waals surface area contributed by atoms with Crippen LogP contribution in [-0.4, -0.2) is 37.7 Å². The Morgan fingerprint density at radius 2 is 2.00 bits per heavy atom. The number of benzene rings is 1. The van der Waals surface area contributed by atoms with E-state index < -0.39 is 0 Å². The van der Waals surface area contributed by atoms with E-state index in [1.807, 2.05) is 0 Å². The van der Waals surface area contributed by atoms with Gasteiger partial charge >= 0.3 is 0 Å². The molecule has 1 heterocycles. The van der Waals surface area contributed by atoms with Crippen LogP contribution in [0.1, 0.15) is 33.6 Å². The second kappa shape index (κ2) is 10.2. The summed E-state index contributed by atoms with van der Waals surface area (Å²) in [6.45, 7) is 10.7. The standard InChI is InChI=1S/C20H30N4OS/c1-6-21-20(23-12-10-19-24-15(3)16(4)26-19)22-11-9-17-8-7-14(2)18(13-17)25-5/h7-8,13H,6,9-12H2,1-5H3,(H2,21,22,23). The minimum absolute atomic E-state index is 0.736. The van der Waals surface area contributed by atoms with E-state index in [-0.39, 0.29) is 0 Å². The van der Waals surface area contributed by atoms with Crippen molar-refractivity contribution in [3.8, 4) is 5.75 Å². The highest BCUT2D eigenvalue weighted by Crippen LogP contribution is 2.19. The number of guanidine groups is 1. The van der Waals surface area contributed by atoms with Crippen LogP contribution in [-0.2, 0) is 12.8 Å². The molecule has 0 bridgehead atoms. The number of aliphatic imine (C=N–C) groups is 1. The Hall–Kier alpha value is -2.08. The highest BCUT2D eigenvalue weighted by Gasteiger charge is 2.04. The van der Waals surface area contributed by atoms with Crippen LogP contribution in [0.2, 0.25) is 0 Å². The molecule has 0 amide bonds. The Morgan fingerprint density at radius 1 is 1.19 bits per heavy atom. The lowest BCUT2D eigenvalue weighted by molar-refractivity contribution is 0.411. The molecule has 2 aromatic rings. The van der Waals surface area contributed by atoms with Crippen LogP contribution >= 0.6 is 11.3 Å². The summed E-state index contributed by atoms with van der Waals surface area (Å²) < 4.78 is 5.40. The van der Waals surface area contributed by atoms with E-state index >= 15 is 0 Å². The molecule has 0 aliphatic rings. The Kier molecular flexibility index (Phi) is 7.91. The number of aromatic nitrogens is 1. The van der Waals surface area contributed by atoms with E-state index in [0.29, 0.717) is 0 Å². The normalized spacial score (nSPS) is 11.5. The molecule has 0 aliphatic heterocycles. The first-order valence-electron chi connectivity index (χ1n) is 9.12. The Balaban J connectivity index is 1.85. The van der Waals surface area contributed by atoms with Crippen LogP contribution in [0.15, 0.2) is 23.2 Å². The van der Waals surface area contributed by atoms with Crippen LogP contribution in [0.25, 0.3) is 0 Å². The van der Waals surface area contributed by atoms with Gasteiger partial charge in [-0.15, -0.1) is 11.3 Å². The van der Waals surface area contributed by atoms with Gasteiger partial charge in [0.1, 0.15) is 5.75 Å². The second-order valence-corrected chi connectivity index (χ2v) is 7.53. The lowest BCUT2D eigenvalue weighted by Gasteiger charge is -2.12. The summed E-state index contributed by atoms with van der Waals surface area (Å²) in [5, 5.41) is 7.86. The summed E-state index contributed by atoms with van der Waals surface area (Å²) in [7, 11) is 1.71. The van der Waals surface area contributed by atoms with Crippen LogP contribution in [0.5, 0.6) is 5.75 Å². The highest BCUT2D eigenvalue weighted by molar-refractivity contribution is 7.11. The minimum Gasteiger partial charge on any atom is -0.496 e. The van der Waals surface area contributed by atoms with Gasteiger partial charge in [-0.05, 0) is 51.3 Å². The van der Waals surface area contributed by atoms with Crippen molar-refractivity contribution in [1.82, 2.24) is 15.6 Å². The van der Waals surface area contributed by atoms with E-state index in [0.717, 1.165) is 60.4 Å². The number of ether oxygens (including phenoxy) is 1. The number of thiazole rings is 1. The smallest absolute Gasteiger partial charge is 0.191 e. The first-order chi connectivity index (χ1) is 12.5. The number of methoxy groups -OCH3 is 1. The molecule has 0 saturated heterocycles. The maximum absolute atomic E-state index is 5.40. The quantitative estimate of drug-likeness (QED) is 0.549. The van der Waals surface area contributed by atoms with E-state index in [9.17, 15) is 0 Å². The van der Waals surface area contributed by atoms with Crippen LogP contribution in [0, 0.1) is 20.8 Å². The number of aryl methyl sites for hydroxylation is 3. The van der Waals surface area contributed by atoms with Crippen LogP contribution in [0.3, 0.4) is 0 Å². The molecular formula is C20H30N4OS.